The van der Waals surface area contributed by atoms with Crippen molar-refractivity contribution in [2.45, 2.75) is 0 Å². The van der Waals surface area contributed by atoms with Crippen LogP contribution in [0.4, 0.5) is 15.8 Å². The van der Waals surface area contributed by atoms with E-state index >= 15 is 0 Å². The van der Waals surface area contributed by atoms with Crippen molar-refractivity contribution >= 4 is 28.9 Å². The summed E-state index contributed by atoms with van der Waals surface area (Å²) in [4.78, 5) is 14.7. The Bertz CT molecular complexity index is 604. The highest BCUT2D eigenvalue weighted by Crippen LogP contribution is 2.26. The Balaban J connectivity index is 2.40. The second-order valence-corrected chi connectivity index (χ2v) is 3.86. The number of halogens is 2. The van der Waals surface area contributed by atoms with Crippen LogP contribution in [0.2, 0.25) is 5.02 Å². The molecule has 2 rings (SSSR count). The van der Waals surface area contributed by atoms with E-state index in [2.05, 4.69) is 10.3 Å². The van der Waals surface area contributed by atoms with Gasteiger partial charge in [-0.3, -0.25) is 4.98 Å². The van der Waals surface area contributed by atoms with Crippen molar-refractivity contribution < 1.29 is 14.3 Å². The molecular weight excluding hydrogens is 259 g/mol. The number of aromatic nitrogens is 1. The predicted molar refractivity (Wildman–Crippen MR) is 65.9 cm³/mol. The van der Waals surface area contributed by atoms with E-state index in [4.69, 9.17) is 16.7 Å². The Kier molecular flexibility index (Phi) is 3.43. The van der Waals surface area contributed by atoms with Gasteiger partial charge in [-0.25, -0.2) is 9.18 Å². The molecule has 0 saturated heterocycles. The molecule has 18 heavy (non-hydrogen) atoms. The molecule has 0 aliphatic heterocycles. The number of nitrogens with zero attached hydrogens (tertiary/aromatic N) is 1. The van der Waals surface area contributed by atoms with Crippen LogP contribution in [-0.2, 0) is 0 Å². The molecule has 0 amide bonds. The molecular formula is C12H8ClFN2O2. The molecule has 0 unspecified atom stereocenters. The number of hydrogen-bond acceptors (Lipinski definition) is 3. The van der Waals surface area contributed by atoms with Crippen LogP contribution in [-0.4, -0.2) is 16.1 Å². The molecule has 2 N–H and O–H groups in total. The standard InChI is InChI=1S/C12H8ClFN2O2/c13-8-2-1-3-10(11(8)14)16-9-4-5-15-6-7(9)12(17)18/h1-6H,(H,15,16)(H,17,18). The van der Waals surface area contributed by atoms with Crippen LogP contribution in [0, 0.1) is 5.82 Å². The molecule has 2 aromatic rings. The van der Waals surface area contributed by atoms with Gasteiger partial charge < -0.3 is 10.4 Å². The van der Waals surface area contributed by atoms with E-state index in [1.54, 1.807) is 6.07 Å². The van der Waals surface area contributed by atoms with Gasteiger partial charge in [0.2, 0.25) is 0 Å². The second-order valence-electron chi connectivity index (χ2n) is 3.45. The Hall–Kier alpha value is -2.14. The molecule has 0 aliphatic carbocycles. The number of benzene rings is 1. The summed E-state index contributed by atoms with van der Waals surface area (Å²) >= 11 is 5.64. The molecule has 1 aromatic carbocycles. The van der Waals surface area contributed by atoms with Gasteiger partial charge in [0.25, 0.3) is 0 Å². The molecule has 1 aromatic heterocycles. The van der Waals surface area contributed by atoms with Crippen molar-refractivity contribution in [2.75, 3.05) is 5.32 Å². The summed E-state index contributed by atoms with van der Waals surface area (Å²) in [6.07, 6.45) is 2.60. The molecule has 0 aliphatic rings. The van der Waals surface area contributed by atoms with Crippen molar-refractivity contribution in [3.8, 4) is 0 Å². The van der Waals surface area contributed by atoms with E-state index in [1.165, 1.54) is 30.6 Å². The van der Waals surface area contributed by atoms with E-state index in [0.29, 0.717) is 0 Å². The maximum Gasteiger partial charge on any atom is 0.339 e. The fourth-order valence-corrected chi connectivity index (χ4v) is 1.59. The highest BCUT2D eigenvalue weighted by Gasteiger charge is 2.12. The van der Waals surface area contributed by atoms with E-state index in [9.17, 15) is 9.18 Å². The average Bonchev–Trinajstić information content (AvgIpc) is 2.35. The lowest BCUT2D eigenvalue weighted by Crippen LogP contribution is -2.04. The Morgan fingerprint density at radius 2 is 2.11 bits per heavy atom. The number of anilines is 2. The van der Waals surface area contributed by atoms with Gasteiger partial charge in [-0.15, -0.1) is 0 Å². The number of carbonyl (C=O) groups is 1. The lowest BCUT2D eigenvalue weighted by Gasteiger charge is -2.10. The van der Waals surface area contributed by atoms with Crippen LogP contribution >= 0.6 is 11.6 Å². The Morgan fingerprint density at radius 1 is 1.33 bits per heavy atom. The monoisotopic (exact) mass is 266 g/mol. The third-order valence-corrected chi connectivity index (χ3v) is 2.56. The summed E-state index contributed by atoms with van der Waals surface area (Å²) in [5.41, 5.74) is 0.312. The molecule has 92 valence electrons. The largest absolute Gasteiger partial charge is 0.478 e. The lowest BCUT2D eigenvalue weighted by molar-refractivity contribution is 0.0697. The molecule has 0 fully saturated rings. The van der Waals surface area contributed by atoms with Crippen LogP contribution in [0.3, 0.4) is 0 Å². The van der Waals surface area contributed by atoms with Crippen LogP contribution in [0.5, 0.6) is 0 Å². The fourth-order valence-electron chi connectivity index (χ4n) is 1.42. The maximum absolute atomic E-state index is 13.7. The number of hydrogen-bond donors (Lipinski definition) is 2. The van der Waals surface area contributed by atoms with E-state index in [-0.39, 0.29) is 22.0 Å². The number of nitrogens with one attached hydrogen (secondary N) is 1. The second kappa shape index (κ2) is 5.01. The Morgan fingerprint density at radius 3 is 2.83 bits per heavy atom. The zero-order chi connectivity index (χ0) is 13.1. The van der Waals surface area contributed by atoms with Crippen LogP contribution in [0.1, 0.15) is 10.4 Å². The minimum Gasteiger partial charge on any atom is -0.478 e. The van der Waals surface area contributed by atoms with E-state index < -0.39 is 11.8 Å². The minimum absolute atomic E-state index is 0.0362. The van der Waals surface area contributed by atoms with Gasteiger partial charge in [-0.1, -0.05) is 17.7 Å². The molecule has 0 saturated carbocycles. The van der Waals surface area contributed by atoms with Crippen LogP contribution in [0.25, 0.3) is 0 Å². The Labute approximate surface area is 107 Å². The van der Waals surface area contributed by atoms with E-state index in [0.717, 1.165) is 0 Å². The van der Waals surface area contributed by atoms with Crippen molar-refractivity contribution in [1.29, 1.82) is 0 Å². The first-order valence-electron chi connectivity index (χ1n) is 4.98. The van der Waals surface area contributed by atoms with Gasteiger partial charge in [-0.05, 0) is 18.2 Å². The predicted octanol–water partition coefficient (Wildman–Crippen LogP) is 3.32. The highest BCUT2D eigenvalue weighted by molar-refractivity contribution is 6.31. The number of carboxylic acids is 1. The van der Waals surface area contributed by atoms with Gasteiger partial charge >= 0.3 is 5.97 Å². The normalized spacial score (nSPS) is 10.1. The quantitative estimate of drug-likeness (QED) is 0.895. The lowest BCUT2D eigenvalue weighted by atomic mass is 10.2. The number of aromatic carboxylic acids is 1. The number of pyridine rings is 1. The van der Waals surface area contributed by atoms with Crippen LogP contribution in [0.15, 0.2) is 36.7 Å². The molecule has 0 atom stereocenters. The third-order valence-electron chi connectivity index (χ3n) is 2.27. The molecule has 0 bridgehead atoms. The first-order valence-corrected chi connectivity index (χ1v) is 5.35. The molecule has 4 nitrogen and oxygen atoms in total. The number of rotatable bonds is 3. The molecule has 0 radical (unpaired) electrons. The van der Waals surface area contributed by atoms with Gasteiger partial charge in [-0.2, -0.15) is 0 Å². The van der Waals surface area contributed by atoms with Gasteiger partial charge in [0.15, 0.2) is 5.82 Å². The summed E-state index contributed by atoms with van der Waals surface area (Å²) in [5, 5.41) is 11.6. The zero-order valence-electron chi connectivity index (χ0n) is 9.02. The van der Waals surface area contributed by atoms with Gasteiger partial charge in [0, 0.05) is 12.4 Å². The van der Waals surface area contributed by atoms with Crippen molar-refractivity contribution in [3.63, 3.8) is 0 Å². The first-order chi connectivity index (χ1) is 8.59. The average molecular weight is 267 g/mol. The summed E-state index contributed by atoms with van der Waals surface area (Å²) < 4.78 is 13.7. The van der Waals surface area contributed by atoms with Gasteiger partial charge in [0.05, 0.1) is 16.4 Å². The third kappa shape index (κ3) is 2.41. The van der Waals surface area contributed by atoms with Gasteiger partial charge in [0.1, 0.15) is 5.56 Å². The van der Waals surface area contributed by atoms with E-state index in [1.807, 2.05) is 0 Å². The van der Waals surface area contributed by atoms with Crippen molar-refractivity contribution in [2.24, 2.45) is 0 Å². The SMILES string of the molecule is O=C(O)c1cnccc1Nc1cccc(Cl)c1F. The highest BCUT2D eigenvalue weighted by atomic mass is 35.5. The topological polar surface area (TPSA) is 62.2 Å². The maximum atomic E-state index is 13.7. The minimum atomic E-state index is -1.15. The zero-order valence-corrected chi connectivity index (χ0v) is 9.78. The molecule has 1 heterocycles. The summed E-state index contributed by atoms with van der Waals surface area (Å²) in [6, 6.07) is 5.89. The first kappa shape index (κ1) is 12.3. The smallest absolute Gasteiger partial charge is 0.339 e. The summed E-state index contributed by atoms with van der Waals surface area (Å²) in [6.45, 7) is 0. The fraction of sp³-hybridized carbons (Fsp3) is 0. The van der Waals surface area contributed by atoms with Crippen LogP contribution < -0.4 is 5.32 Å². The number of carboxylic acid groups (broad SMARTS) is 1. The summed E-state index contributed by atoms with van der Waals surface area (Å²) in [7, 11) is 0. The molecule has 0 spiro atoms. The summed E-state index contributed by atoms with van der Waals surface area (Å²) in [5.74, 6) is -1.78. The van der Waals surface area contributed by atoms with Crippen molar-refractivity contribution in [3.05, 3.63) is 53.1 Å². The molecule has 6 heteroatoms. The van der Waals surface area contributed by atoms with Crippen molar-refractivity contribution in [1.82, 2.24) is 4.98 Å².